The van der Waals surface area contributed by atoms with Gasteiger partial charge in [-0.2, -0.15) is 0 Å². The molecule has 2 aromatic carbocycles. The van der Waals surface area contributed by atoms with Gasteiger partial charge in [0.05, 0.1) is 4.91 Å². The minimum absolute atomic E-state index is 0.175. The highest BCUT2D eigenvalue weighted by atomic mass is 32.2. The van der Waals surface area contributed by atoms with E-state index in [0.717, 1.165) is 22.9 Å². The summed E-state index contributed by atoms with van der Waals surface area (Å²) >= 11 is 0.858. The Morgan fingerprint density at radius 3 is 2.44 bits per heavy atom. The van der Waals surface area contributed by atoms with Gasteiger partial charge in [0.1, 0.15) is 0 Å². The molecule has 2 N–H and O–H groups in total. The lowest BCUT2D eigenvalue weighted by Gasteiger charge is -2.10. The summed E-state index contributed by atoms with van der Waals surface area (Å²) in [5, 5.41) is 4.78. The van der Waals surface area contributed by atoms with E-state index in [-0.39, 0.29) is 11.1 Å². The first kappa shape index (κ1) is 18.9. The van der Waals surface area contributed by atoms with Crippen LogP contribution in [0.1, 0.15) is 38.2 Å². The molecule has 27 heavy (non-hydrogen) atoms. The first-order valence-corrected chi connectivity index (χ1v) is 9.35. The molecule has 0 aliphatic carbocycles. The summed E-state index contributed by atoms with van der Waals surface area (Å²) in [6.07, 6.45) is 1.62. The van der Waals surface area contributed by atoms with Gasteiger partial charge in [-0.1, -0.05) is 30.3 Å². The van der Waals surface area contributed by atoms with Gasteiger partial charge in [0, 0.05) is 12.1 Å². The number of thioether (sulfide) groups is 1. The number of carbonyl (C=O) groups excluding carboxylic acids is 3. The molecular weight excluding hydrogens is 360 g/mol. The molecule has 3 amide bonds. The zero-order valence-electron chi connectivity index (χ0n) is 15.4. The SMILES string of the molecule is Cc1ccc(CNC(=O)c2cc(/C=C3\SC(=O)NC3=O)ccc2C)cc1C. The van der Waals surface area contributed by atoms with Crippen molar-refractivity contribution in [2.45, 2.75) is 27.3 Å². The van der Waals surface area contributed by atoms with Gasteiger partial charge in [-0.05, 0) is 72.5 Å². The topological polar surface area (TPSA) is 75.3 Å². The van der Waals surface area contributed by atoms with Crippen LogP contribution in [0.5, 0.6) is 0 Å². The second-order valence-electron chi connectivity index (χ2n) is 6.53. The van der Waals surface area contributed by atoms with Gasteiger partial charge in [-0.25, -0.2) is 0 Å². The number of hydrogen-bond donors (Lipinski definition) is 2. The Bertz CT molecular complexity index is 979. The molecule has 0 radical (unpaired) electrons. The van der Waals surface area contributed by atoms with E-state index in [1.54, 1.807) is 12.1 Å². The van der Waals surface area contributed by atoms with E-state index in [4.69, 9.17) is 0 Å². The number of benzene rings is 2. The number of aryl methyl sites for hydroxylation is 3. The third-order valence-electron chi connectivity index (χ3n) is 4.47. The minimum atomic E-state index is -0.411. The van der Waals surface area contributed by atoms with Crippen molar-refractivity contribution in [2.24, 2.45) is 0 Å². The Labute approximate surface area is 162 Å². The molecule has 2 aromatic rings. The van der Waals surface area contributed by atoms with E-state index in [1.165, 1.54) is 11.1 Å². The molecule has 1 fully saturated rings. The molecule has 138 valence electrons. The molecule has 0 saturated carbocycles. The molecule has 0 spiro atoms. The summed E-state index contributed by atoms with van der Waals surface area (Å²) in [5.74, 6) is -0.586. The van der Waals surface area contributed by atoms with E-state index >= 15 is 0 Å². The maximum atomic E-state index is 12.6. The fourth-order valence-corrected chi connectivity index (χ4v) is 3.42. The van der Waals surface area contributed by atoms with Gasteiger partial charge in [0.15, 0.2) is 0 Å². The summed E-state index contributed by atoms with van der Waals surface area (Å²) in [4.78, 5) is 35.9. The zero-order chi connectivity index (χ0) is 19.6. The van der Waals surface area contributed by atoms with Crippen molar-refractivity contribution in [3.63, 3.8) is 0 Å². The molecule has 0 aromatic heterocycles. The van der Waals surface area contributed by atoms with Crippen molar-refractivity contribution in [3.8, 4) is 0 Å². The Morgan fingerprint density at radius 2 is 1.78 bits per heavy atom. The number of imide groups is 1. The van der Waals surface area contributed by atoms with E-state index in [2.05, 4.69) is 23.6 Å². The van der Waals surface area contributed by atoms with Gasteiger partial charge < -0.3 is 5.32 Å². The number of carbonyl (C=O) groups is 3. The second kappa shape index (κ2) is 7.80. The van der Waals surface area contributed by atoms with Crippen LogP contribution in [0.3, 0.4) is 0 Å². The summed E-state index contributed by atoms with van der Waals surface area (Å²) in [6.45, 7) is 6.40. The van der Waals surface area contributed by atoms with Gasteiger partial charge in [-0.15, -0.1) is 0 Å². The van der Waals surface area contributed by atoms with Gasteiger partial charge in [0.25, 0.3) is 17.1 Å². The first-order valence-electron chi connectivity index (χ1n) is 8.53. The van der Waals surface area contributed by atoms with Gasteiger partial charge in [-0.3, -0.25) is 19.7 Å². The number of amides is 3. The largest absolute Gasteiger partial charge is 0.348 e. The standard InChI is InChI=1S/C21H20N2O3S/c1-12-4-7-16(8-14(12)3)11-22-19(24)17-9-15(6-5-13(17)2)10-18-20(25)23-21(26)27-18/h4-10H,11H2,1-3H3,(H,22,24)(H,23,25,26)/b18-10-. The van der Waals surface area contributed by atoms with Crippen LogP contribution >= 0.6 is 11.8 Å². The lowest BCUT2D eigenvalue weighted by molar-refractivity contribution is -0.115. The highest BCUT2D eigenvalue weighted by molar-refractivity contribution is 8.18. The van der Waals surface area contributed by atoms with Crippen LogP contribution in [0.25, 0.3) is 6.08 Å². The van der Waals surface area contributed by atoms with Crippen LogP contribution in [0.4, 0.5) is 4.79 Å². The van der Waals surface area contributed by atoms with Crippen LogP contribution in [-0.4, -0.2) is 17.1 Å². The molecule has 1 aliphatic rings. The van der Waals surface area contributed by atoms with E-state index in [9.17, 15) is 14.4 Å². The molecule has 1 heterocycles. The van der Waals surface area contributed by atoms with Crippen LogP contribution in [0.15, 0.2) is 41.3 Å². The highest BCUT2D eigenvalue weighted by Gasteiger charge is 2.25. The Balaban J connectivity index is 1.76. The average Bonchev–Trinajstić information content (AvgIpc) is 2.94. The molecule has 1 aliphatic heterocycles. The Morgan fingerprint density at radius 1 is 1.04 bits per heavy atom. The molecule has 0 bridgehead atoms. The van der Waals surface area contributed by atoms with Crippen molar-refractivity contribution in [1.82, 2.24) is 10.6 Å². The summed E-state index contributed by atoms with van der Waals surface area (Å²) < 4.78 is 0. The van der Waals surface area contributed by atoms with E-state index < -0.39 is 5.91 Å². The van der Waals surface area contributed by atoms with Crippen molar-refractivity contribution in [2.75, 3.05) is 0 Å². The fraction of sp³-hybridized carbons (Fsp3) is 0.190. The maximum absolute atomic E-state index is 12.6. The second-order valence-corrected chi connectivity index (χ2v) is 7.54. The normalized spacial score (nSPS) is 15.1. The number of nitrogens with one attached hydrogen (secondary N) is 2. The zero-order valence-corrected chi connectivity index (χ0v) is 16.2. The summed E-state index contributed by atoms with van der Waals surface area (Å²) in [6, 6.07) is 11.5. The van der Waals surface area contributed by atoms with Gasteiger partial charge >= 0.3 is 0 Å². The van der Waals surface area contributed by atoms with Crippen molar-refractivity contribution >= 4 is 34.9 Å². The fourth-order valence-electron chi connectivity index (χ4n) is 2.74. The van der Waals surface area contributed by atoms with Crippen molar-refractivity contribution < 1.29 is 14.4 Å². The van der Waals surface area contributed by atoms with E-state index in [1.807, 2.05) is 38.1 Å². The lowest BCUT2D eigenvalue weighted by Crippen LogP contribution is -2.23. The third kappa shape index (κ3) is 4.46. The molecule has 1 saturated heterocycles. The summed E-state index contributed by atoms with van der Waals surface area (Å²) in [5.41, 5.74) is 5.53. The minimum Gasteiger partial charge on any atom is -0.348 e. The summed E-state index contributed by atoms with van der Waals surface area (Å²) in [7, 11) is 0. The molecule has 3 rings (SSSR count). The first-order chi connectivity index (χ1) is 12.8. The number of rotatable bonds is 4. The molecule has 6 heteroatoms. The molecule has 0 atom stereocenters. The number of hydrogen-bond acceptors (Lipinski definition) is 4. The van der Waals surface area contributed by atoms with Crippen LogP contribution in [0, 0.1) is 20.8 Å². The maximum Gasteiger partial charge on any atom is 0.290 e. The smallest absolute Gasteiger partial charge is 0.290 e. The highest BCUT2D eigenvalue weighted by Crippen LogP contribution is 2.26. The van der Waals surface area contributed by atoms with Crippen LogP contribution < -0.4 is 10.6 Å². The predicted octanol–water partition coefficient (Wildman–Crippen LogP) is 3.87. The Kier molecular flexibility index (Phi) is 5.46. The van der Waals surface area contributed by atoms with Crippen LogP contribution in [-0.2, 0) is 11.3 Å². The predicted molar refractivity (Wildman–Crippen MR) is 107 cm³/mol. The molecule has 5 nitrogen and oxygen atoms in total. The monoisotopic (exact) mass is 380 g/mol. The quantitative estimate of drug-likeness (QED) is 0.790. The Hall–Kier alpha value is -2.86. The lowest BCUT2D eigenvalue weighted by atomic mass is 10.0. The van der Waals surface area contributed by atoms with Crippen LogP contribution in [0.2, 0.25) is 0 Å². The average molecular weight is 380 g/mol. The molecule has 0 unspecified atom stereocenters. The van der Waals surface area contributed by atoms with Crippen molar-refractivity contribution in [3.05, 3.63) is 74.7 Å². The van der Waals surface area contributed by atoms with Crippen molar-refractivity contribution in [1.29, 1.82) is 0 Å². The third-order valence-corrected chi connectivity index (χ3v) is 5.28. The molecular formula is C21H20N2O3S. The van der Waals surface area contributed by atoms with Gasteiger partial charge in [0.2, 0.25) is 0 Å². The van der Waals surface area contributed by atoms with E-state index in [0.29, 0.717) is 22.6 Å².